The molecule has 6 rings (SSSR count). The van der Waals surface area contributed by atoms with Crippen molar-refractivity contribution in [3.05, 3.63) is 64.7 Å². The number of halogens is 1. The number of nitrogens with one attached hydrogen (secondary N) is 1. The summed E-state index contributed by atoms with van der Waals surface area (Å²) in [4.78, 5) is 43.6. The number of nitrogens with zero attached hydrogens (tertiary/aromatic N) is 2. The van der Waals surface area contributed by atoms with Crippen LogP contribution in [-0.2, 0) is 14.3 Å². The SMILES string of the molecule is Cc1ccc(NC(=O)c2cc(N3C(=O)[C@@H]4[C@@H](C3=O)[C@H]3C=C[C@@H]4C3)ccc2N2CCOCC2)cc1Cl. The number of morpholine rings is 1. The van der Waals surface area contributed by atoms with Gasteiger partial charge in [-0.05, 0) is 61.1 Å². The van der Waals surface area contributed by atoms with Gasteiger partial charge >= 0.3 is 0 Å². The van der Waals surface area contributed by atoms with Crippen molar-refractivity contribution >= 4 is 46.4 Å². The van der Waals surface area contributed by atoms with Gasteiger partial charge in [-0.15, -0.1) is 0 Å². The van der Waals surface area contributed by atoms with Crippen molar-refractivity contribution in [2.24, 2.45) is 23.7 Å². The van der Waals surface area contributed by atoms with E-state index in [0.29, 0.717) is 48.3 Å². The average Bonchev–Trinajstić information content (AvgIpc) is 3.55. The topological polar surface area (TPSA) is 79.0 Å². The summed E-state index contributed by atoms with van der Waals surface area (Å²) in [6, 6.07) is 10.6. The molecule has 0 radical (unpaired) electrons. The number of ether oxygens (including phenoxy) is 1. The minimum atomic E-state index is -0.325. The van der Waals surface area contributed by atoms with Crippen LogP contribution in [0.25, 0.3) is 0 Å². The summed E-state index contributed by atoms with van der Waals surface area (Å²) in [5, 5.41) is 3.49. The number of benzene rings is 2. The molecule has 3 amide bonds. The first kappa shape index (κ1) is 22.3. The van der Waals surface area contributed by atoms with E-state index in [2.05, 4.69) is 22.4 Å². The highest BCUT2D eigenvalue weighted by molar-refractivity contribution is 6.31. The van der Waals surface area contributed by atoms with Crippen molar-refractivity contribution in [1.29, 1.82) is 0 Å². The Morgan fingerprint density at radius 3 is 2.34 bits per heavy atom. The number of fused-ring (bicyclic) bond motifs is 5. The summed E-state index contributed by atoms with van der Waals surface area (Å²) in [6.45, 7) is 4.33. The van der Waals surface area contributed by atoms with Gasteiger partial charge in [-0.3, -0.25) is 14.4 Å². The van der Waals surface area contributed by atoms with E-state index in [4.69, 9.17) is 16.3 Å². The Hall–Kier alpha value is -3.16. The zero-order valence-electron chi connectivity index (χ0n) is 19.4. The summed E-state index contributed by atoms with van der Waals surface area (Å²) in [5.74, 6) is -0.956. The van der Waals surface area contributed by atoms with Crippen molar-refractivity contribution in [2.45, 2.75) is 13.3 Å². The van der Waals surface area contributed by atoms with Gasteiger partial charge in [0.2, 0.25) is 11.8 Å². The number of rotatable bonds is 4. The number of hydrogen-bond acceptors (Lipinski definition) is 5. The van der Waals surface area contributed by atoms with E-state index in [1.807, 2.05) is 19.1 Å². The van der Waals surface area contributed by atoms with E-state index in [-0.39, 0.29) is 41.4 Å². The molecule has 3 fully saturated rings. The van der Waals surface area contributed by atoms with Crippen molar-refractivity contribution < 1.29 is 19.1 Å². The van der Waals surface area contributed by atoms with Gasteiger partial charge in [-0.25, -0.2) is 4.90 Å². The van der Waals surface area contributed by atoms with Crippen molar-refractivity contribution in [2.75, 3.05) is 41.4 Å². The molecule has 2 aromatic rings. The Balaban J connectivity index is 1.36. The maximum atomic E-state index is 13.5. The van der Waals surface area contributed by atoms with Crippen molar-refractivity contribution in [3.8, 4) is 0 Å². The van der Waals surface area contributed by atoms with Crippen LogP contribution >= 0.6 is 11.6 Å². The normalized spacial score (nSPS) is 27.0. The molecule has 0 unspecified atom stereocenters. The standard InChI is InChI=1S/C27H26ClN3O4/c1-15-2-5-18(13-21(15)28)29-25(32)20-14-19(6-7-22(20)30-8-10-35-11-9-30)31-26(33)23-16-3-4-17(12-16)24(23)27(31)34/h2-7,13-14,16-17,23-24H,8-12H2,1H3,(H,29,32)/t16-,17+,23-,24-/m0/s1. The Morgan fingerprint density at radius 2 is 1.69 bits per heavy atom. The van der Waals surface area contributed by atoms with E-state index < -0.39 is 0 Å². The van der Waals surface area contributed by atoms with Gasteiger partial charge in [-0.2, -0.15) is 0 Å². The first-order valence-electron chi connectivity index (χ1n) is 12.0. The molecule has 2 aromatic carbocycles. The fourth-order valence-electron chi connectivity index (χ4n) is 5.95. The molecule has 8 heteroatoms. The number of anilines is 3. The monoisotopic (exact) mass is 491 g/mol. The fraction of sp³-hybridized carbons (Fsp3) is 0.370. The summed E-state index contributed by atoms with van der Waals surface area (Å²) >= 11 is 6.25. The van der Waals surface area contributed by atoms with Crippen LogP contribution in [0, 0.1) is 30.6 Å². The maximum absolute atomic E-state index is 13.5. The minimum Gasteiger partial charge on any atom is -0.378 e. The lowest BCUT2D eigenvalue weighted by molar-refractivity contribution is -0.123. The average molecular weight is 492 g/mol. The van der Waals surface area contributed by atoms with Gasteiger partial charge < -0.3 is 15.0 Å². The van der Waals surface area contributed by atoms with E-state index in [1.165, 1.54) is 4.90 Å². The van der Waals surface area contributed by atoms with E-state index >= 15 is 0 Å². The minimum absolute atomic E-state index is 0.133. The molecule has 1 saturated carbocycles. The van der Waals surface area contributed by atoms with Crippen LogP contribution in [0.2, 0.25) is 5.02 Å². The molecule has 2 aliphatic heterocycles. The molecular weight excluding hydrogens is 466 g/mol. The summed E-state index contributed by atoms with van der Waals surface area (Å²) in [6.07, 6.45) is 5.03. The quantitative estimate of drug-likeness (QED) is 0.515. The number of aryl methyl sites for hydroxylation is 1. The van der Waals surface area contributed by atoms with Crippen molar-refractivity contribution in [1.82, 2.24) is 0 Å². The van der Waals surface area contributed by atoms with Crippen LogP contribution in [0.4, 0.5) is 17.1 Å². The molecule has 2 heterocycles. The van der Waals surface area contributed by atoms with Gasteiger partial charge in [0.15, 0.2) is 0 Å². The first-order chi connectivity index (χ1) is 16.9. The van der Waals surface area contributed by atoms with Crippen LogP contribution < -0.4 is 15.1 Å². The van der Waals surface area contributed by atoms with Crippen molar-refractivity contribution in [3.63, 3.8) is 0 Å². The Kier molecular flexibility index (Phi) is 5.42. The molecule has 7 nitrogen and oxygen atoms in total. The third-order valence-corrected chi connectivity index (χ3v) is 8.14. The Morgan fingerprint density at radius 1 is 1.00 bits per heavy atom. The second kappa shape index (κ2) is 8.50. The number of carbonyl (C=O) groups is 3. The second-order valence-electron chi connectivity index (χ2n) is 9.73. The number of allylic oxidation sites excluding steroid dienone is 2. The van der Waals surface area contributed by atoms with E-state index in [1.54, 1.807) is 24.3 Å². The number of imide groups is 1. The maximum Gasteiger partial charge on any atom is 0.257 e. The Bertz CT molecular complexity index is 1240. The predicted molar refractivity (Wildman–Crippen MR) is 134 cm³/mol. The molecule has 0 spiro atoms. The lowest BCUT2D eigenvalue weighted by Crippen LogP contribution is -2.38. The van der Waals surface area contributed by atoms with Gasteiger partial charge in [0.25, 0.3) is 5.91 Å². The largest absolute Gasteiger partial charge is 0.378 e. The third-order valence-electron chi connectivity index (χ3n) is 7.73. The lowest BCUT2D eigenvalue weighted by atomic mass is 9.85. The molecule has 2 bridgehead atoms. The molecule has 1 N–H and O–H groups in total. The molecular formula is C27H26ClN3O4. The van der Waals surface area contributed by atoms with Gasteiger partial charge in [0.05, 0.1) is 36.3 Å². The van der Waals surface area contributed by atoms with Gasteiger partial charge in [0, 0.05) is 29.5 Å². The smallest absolute Gasteiger partial charge is 0.257 e. The lowest BCUT2D eigenvalue weighted by Gasteiger charge is -2.31. The van der Waals surface area contributed by atoms with Crippen LogP contribution in [0.1, 0.15) is 22.3 Å². The second-order valence-corrected chi connectivity index (χ2v) is 10.1. The highest BCUT2D eigenvalue weighted by Crippen LogP contribution is 2.53. The highest BCUT2D eigenvalue weighted by atomic mass is 35.5. The molecule has 0 aromatic heterocycles. The zero-order chi connectivity index (χ0) is 24.3. The predicted octanol–water partition coefficient (Wildman–Crippen LogP) is 4.05. The van der Waals surface area contributed by atoms with E-state index in [9.17, 15) is 14.4 Å². The molecule has 4 atom stereocenters. The zero-order valence-corrected chi connectivity index (χ0v) is 20.1. The first-order valence-corrected chi connectivity index (χ1v) is 12.4. The molecule has 4 aliphatic rings. The Labute approximate surface area is 208 Å². The van der Waals surface area contributed by atoms with Crippen LogP contribution in [0.5, 0.6) is 0 Å². The molecule has 35 heavy (non-hydrogen) atoms. The summed E-state index contributed by atoms with van der Waals surface area (Å²) < 4.78 is 5.48. The van der Waals surface area contributed by atoms with Crippen LogP contribution in [-0.4, -0.2) is 44.0 Å². The number of carbonyl (C=O) groups excluding carboxylic acids is 3. The number of amides is 3. The number of hydrogen-bond donors (Lipinski definition) is 1. The van der Waals surface area contributed by atoms with Crippen LogP contribution in [0.3, 0.4) is 0 Å². The summed E-state index contributed by atoms with van der Waals surface area (Å²) in [7, 11) is 0. The summed E-state index contributed by atoms with van der Waals surface area (Å²) in [5.41, 5.74) is 3.08. The molecule has 2 aliphatic carbocycles. The van der Waals surface area contributed by atoms with Gasteiger partial charge in [-0.1, -0.05) is 29.8 Å². The van der Waals surface area contributed by atoms with Crippen LogP contribution in [0.15, 0.2) is 48.6 Å². The fourth-order valence-corrected chi connectivity index (χ4v) is 6.13. The molecule has 2 saturated heterocycles. The highest BCUT2D eigenvalue weighted by Gasteiger charge is 2.59. The van der Waals surface area contributed by atoms with E-state index in [0.717, 1.165) is 17.7 Å². The molecule has 180 valence electrons. The third kappa shape index (κ3) is 3.65. The van der Waals surface area contributed by atoms with Gasteiger partial charge in [0.1, 0.15) is 0 Å².